The van der Waals surface area contributed by atoms with E-state index in [1.165, 1.54) is 0 Å². The lowest BCUT2D eigenvalue weighted by Gasteiger charge is -2.33. The molecule has 3 rings (SSSR count). The Morgan fingerprint density at radius 1 is 1.28 bits per heavy atom. The summed E-state index contributed by atoms with van der Waals surface area (Å²) in [7, 11) is 0. The van der Waals surface area contributed by atoms with E-state index in [1.807, 2.05) is 48.9 Å². The van der Waals surface area contributed by atoms with Gasteiger partial charge in [-0.2, -0.15) is 5.10 Å². The van der Waals surface area contributed by atoms with Crippen molar-refractivity contribution in [1.29, 1.82) is 0 Å². The molecule has 1 unspecified atom stereocenters. The number of urea groups is 1. The van der Waals surface area contributed by atoms with Crippen LogP contribution in [0, 0.1) is 13.8 Å². The Morgan fingerprint density at radius 2 is 1.96 bits per heavy atom. The molecular weight excluding hydrogens is 316 g/mol. The highest BCUT2D eigenvalue weighted by atomic mass is 16.3. The topological polar surface area (TPSA) is 70.4 Å². The second-order valence-electron chi connectivity index (χ2n) is 7.23. The zero-order valence-electron chi connectivity index (χ0n) is 15.3. The second kappa shape index (κ2) is 6.52. The van der Waals surface area contributed by atoms with E-state index in [1.54, 1.807) is 18.7 Å². The Labute approximate surface area is 148 Å². The van der Waals surface area contributed by atoms with Crippen molar-refractivity contribution < 1.29 is 9.90 Å². The lowest BCUT2D eigenvalue weighted by atomic mass is 9.97. The second-order valence-corrected chi connectivity index (χ2v) is 7.23. The normalized spacial score (nSPS) is 17.8. The average molecular weight is 342 g/mol. The highest BCUT2D eigenvalue weighted by Gasteiger charge is 2.38. The van der Waals surface area contributed by atoms with E-state index in [4.69, 9.17) is 0 Å². The molecule has 0 radical (unpaired) electrons. The van der Waals surface area contributed by atoms with Gasteiger partial charge in [0, 0.05) is 6.54 Å². The Hall–Kier alpha value is -2.34. The zero-order valence-corrected chi connectivity index (χ0v) is 15.3. The number of para-hydroxylation sites is 1. The number of likely N-dealkylation sites (tertiary alicyclic amines) is 1. The van der Waals surface area contributed by atoms with E-state index >= 15 is 0 Å². The number of nitrogens with one attached hydrogen (secondary N) is 1. The number of rotatable bonds is 3. The highest BCUT2D eigenvalue weighted by molar-refractivity contribution is 5.91. The Bertz CT molecular complexity index is 762. The van der Waals surface area contributed by atoms with Crippen LogP contribution in [0.25, 0.3) is 5.69 Å². The molecule has 0 saturated carbocycles. The predicted octanol–water partition coefficient (Wildman–Crippen LogP) is 3.26. The molecule has 1 aromatic heterocycles. The summed E-state index contributed by atoms with van der Waals surface area (Å²) in [4.78, 5) is 14.5. The standard InChI is InChI=1S/C19H26N4O2/c1-13-17(14(2)23(21-13)15-9-6-5-7-10-15)20-18(24)22-12-8-11-16(22)19(3,4)25/h5-7,9-10,16,25H,8,11-12H2,1-4H3,(H,20,24). The molecule has 2 N–H and O–H groups in total. The predicted molar refractivity (Wildman–Crippen MR) is 98.1 cm³/mol. The van der Waals surface area contributed by atoms with Crippen molar-refractivity contribution >= 4 is 11.7 Å². The van der Waals surface area contributed by atoms with Crippen LogP contribution in [0.3, 0.4) is 0 Å². The fraction of sp³-hybridized carbons (Fsp3) is 0.474. The molecule has 0 bridgehead atoms. The number of aliphatic hydroxyl groups is 1. The summed E-state index contributed by atoms with van der Waals surface area (Å²) in [6.45, 7) is 8.01. The molecule has 1 aliphatic heterocycles. The molecule has 2 heterocycles. The fourth-order valence-corrected chi connectivity index (χ4v) is 3.57. The number of nitrogens with zero attached hydrogens (tertiary/aromatic N) is 3. The molecule has 0 spiro atoms. The van der Waals surface area contributed by atoms with Crippen molar-refractivity contribution in [1.82, 2.24) is 14.7 Å². The van der Waals surface area contributed by atoms with Crippen LogP contribution < -0.4 is 5.32 Å². The quantitative estimate of drug-likeness (QED) is 0.899. The van der Waals surface area contributed by atoms with Crippen LogP contribution in [0.5, 0.6) is 0 Å². The van der Waals surface area contributed by atoms with Crippen molar-refractivity contribution in [2.75, 3.05) is 11.9 Å². The molecule has 2 aromatic rings. The van der Waals surface area contributed by atoms with Gasteiger partial charge in [0.2, 0.25) is 0 Å². The summed E-state index contributed by atoms with van der Waals surface area (Å²) in [5.74, 6) is 0. The van der Waals surface area contributed by atoms with Crippen molar-refractivity contribution in [2.24, 2.45) is 0 Å². The van der Waals surface area contributed by atoms with Gasteiger partial charge in [-0.1, -0.05) is 18.2 Å². The van der Waals surface area contributed by atoms with Crippen LogP contribution in [0.1, 0.15) is 38.1 Å². The van der Waals surface area contributed by atoms with Crippen LogP contribution in [0.2, 0.25) is 0 Å². The SMILES string of the molecule is Cc1nn(-c2ccccc2)c(C)c1NC(=O)N1CCCC1C(C)(C)O. The summed E-state index contributed by atoms with van der Waals surface area (Å²) in [5.41, 5.74) is 2.44. The van der Waals surface area contributed by atoms with Gasteiger partial charge in [-0.3, -0.25) is 0 Å². The summed E-state index contributed by atoms with van der Waals surface area (Å²) in [5, 5.41) is 17.9. The molecule has 1 aliphatic rings. The molecule has 2 amide bonds. The molecule has 1 atom stereocenters. The molecule has 1 saturated heterocycles. The monoisotopic (exact) mass is 342 g/mol. The van der Waals surface area contributed by atoms with Crippen molar-refractivity contribution in [3.63, 3.8) is 0 Å². The number of amides is 2. The minimum absolute atomic E-state index is 0.169. The maximum atomic E-state index is 12.8. The van der Waals surface area contributed by atoms with Gasteiger partial charge in [0.15, 0.2) is 0 Å². The smallest absolute Gasteiger partial charge is 0.322 e. The Kier molecular flexibility index (Phi) is 4.56. The van der Waals surface area contributed by atoms with Crippen LogP contribution in [0.4, 0.5) is 10.5 Å². The number of anilines is 1. The first-order valence-electron chi connectivity index (χ1n) is 8.70. The third-order valence-electron chi connectivity index (χ3n) is 4.85. The number of hydrogen-bond donors (Lipinski definition) is 2. The summed E-state index contributed by atoms with van der Waals surface area (Å²) in [6, 6.07) is 9.50. The Morgan fingerprint density at radius 3 is 2.60 bits per heavy atom. The van der Waals surface area contributed by atoms with Crippen molar-refractivity contribution in [2.45, 2.75) is 52.2 Å². The minimum atomic E-state index is -0.911. The van der Waals surface area contributed by atoms with E-state index in [-0.39, 0.29) is 12.1 Å². The third kappa shape index (κ3) is 3.39. The molecule has 25 heavy (non-hydrogen) atoms. The van der Waals surface area contributed by atoms with Crippen LogP contribution in [-0.4, -0.2) is 44.0 Å². The lowest BCUT2D eigenvalue weighted by Crippen LogP contribution is -2.49. The summed E-state index contributed by atoms with van der Waals surface area (Å²) >= 11 is 0. The number of carbonyl (C=O) groups is 1. The molecule has 6 heteroatoms. The van der Waals surface area contributed by atoms with Gasteiger partial charge in [0.05, 0.1) is 34.4 Å². The summed E-state index contributed by atoms with van der Waals surface area (Å²) in [6.07, 6.45) is 1.72. The number of aromatic nitrogens is 2. The summed E-state index contributed by atoms with van der Waals surface area (Å²) < 4.78 is 1.84. The largest absolute Gasteiger partial charge is 0.388 e. The molecule has 0 aliphatic carbocycles. The highest BCUT2D eigenvalue weighted by Crippen LogP contribution is 2.29. The van der Waals surface area contributed by atoms with Gasteiger partial charge < -0.3 is 15.3 Å². The average Bonchev–Trinajstić information content (AvgIpc) is 3.16. The number of hydrogen-bond acceptors (Lipinski definition) is 3. The van der Waals surface area contributed by atoms with Crippen LogP contribution >= 0.6 is 0 Å². The van der Waals surface area contributed by atoms with E-state index in [9.17, 15) is 9.90 Å². The number of carbonyl (C=O) groups excluding carboxylic acids is 1. The molecule has 1 fully saturated rings. The van der Waals surface area contributed by atoms with E-state index in [0.717, 1.165) is 35.6 Å². The van der Waals surface area contributed by atoms with E-state index in [0.29, 0.717) is 6.54 Å². The first kappa shape index (κ1) is 17.5. The number of aryl methyl sites for hydroxylation is 1. The third-order valence-corrected chi connectivity index (χ3v) is 4.85. The van der Waals surface area contributed by atoms with E-state index in [2.05, 4.69) is 10.4 Å². The van der Waals surface area contributed by atoms with Crippen LogP contribution in [-0.2, 0) is 0 Å². The molecule has 1 aromatic carbocycles. The maximum absolute atomic E-state index is 12.8. The minimum Gasteiger partial charge on any atom is -0.388 e. The zero-order chi connectivity index (χ0) is 18.2. The maximum Gasteiger partial charge on any atom is 0.322 e. The first-order valence-corrected chi connectivity index (χ1v) is 8.70. The van der Waals surface area contributed by atoms with Gasteiger partial charge in [0.25, 0.3) is 0 Å². The molecular formula is C19H26N4O2. The van der Waals surface area contributed by atoms with Crippen molar-refractivity contribution in [3.8, 4) is 5.69 Å². The van der Waals surface area contributed by atoms with Crippen LogP contribution in [0.15, 0.2) is 30.3 Å². The molecule has 134 valence electrons. The van der Waals surface area contributed by atoms with Gasteiger partial charge in [-0.05, 0) is 52.7 Å². The van der Waals surface area contributed by atoms with E-state index < -0.39 is 5.60 Å². The Balaban J connectivity index is 1.84. The van der Waals surface area contributed by atoms with Gasteiger partial charge in [-0.25, -0.2) is 9.48 Å². The van der Waals surface area contributed by atoms with Gasteiger partial charge in [-0.15, -0.1) is 0 Å². The van der Waals surface area contributed by atoms with Crippen molar-refractivity contribution in [3.05, 3.63) is 41.7 Å². The van der Waals surface area contributed by atoms with Gasteiger partial charge in [0.1, 0.15) is 0 Å². The number of benzene rings is 1. The fourth-order valence-electron chi connectivity index (χ4n) is 3.57. The van der Waals surface area contributed by atoms with Gasteiger partial charge >= 0.3 is 6.03 Å². The lowest BCUT2D eigenvalue weighted by molar-refractivity contribution is 0.0117. The molecule has 6 nitrogen and oxygen atoms in total. The first-order chi connectivity index (χ1) is 11.8.